The molecule has 1 fully saturated rings. The molecule has 0 saturated heterocycles. The topological polar surface area (TPSA) is 46.1 Å². The number of hydrogen-bond donors (Lipinski definition) is 1. The Bertz CT molecular complexity index is 480. The number of benzene rings is 1. The molecule has 0 aromatic heterocycles. The number of hydrogen-bond acceptors (Lipinski definition) is 3. The maximum atomic E-state index is 5.69. The van der Waals surface area contributed by atoms with Crippen molar-refractivity contribution >= 4 is 29.9 Å². The molecule has 1 saturated carbocycles. The molecule has 136 valence electrons. The Morgan fingerprint density at radius 1 is 1.33 bits per heavy atom. The number of nitrogens with one attached hydrogen (secondary N) is 1. The van der Waals surface area contributed by atoms with E-state index in [9.17, 15) is 0 Å². The molecule has 1 unspecified atom stereocenters. The summed E-state index contributed by atoms with van der Waals surface area (Å²) in [6, 6.07) is 10.2. The van der Waals surface area contributed by atoms with E-state index in [1.54, 1.807) is 14.2 Å². The van der Waals surface area contributed by atoms with E-state index in [4.69, 9.17) is 9.47 Å². The minimum atomic E-state index is 0. The lowest BCUT2D eigenvalue weighted by Gasteiger charge is -2.24. The molecule has 0 bridgehead atoms. The lowest BCUT2D eigenvalue weighted by molar-refractivity contribution is 0.104. The van der Waals surface area contributed by atoms with E-state index in [2.05, 4.69) is 27.3 Å². The van der Waals surface area contributed by atoms with E-state index < -0.39 is 0 Å². The van der Waals surface area contributed by atoms with Crippen molar-refractivity contribution in [3.05, 3.63) is 35.9 Å². The molecule has 5 nitrogen and oxygen atoms in total. The summed E-state index contributed by atoms with van der Waals surface area (Å²) in [5.74, 6) is 1.67. The van der Waals surface area contributed by atoms with E-state index in [0.29, 0.717) is 6.54 Å². The minimum absolute atomic E-state index is 0. The smallest absolute Gasteiger partial charge is 0.193 e. The highest BCUT2D eigenvalue weighted by atomic mass is 127. The molecule has 0 aliphatic heterocycles. The highest BCUT2D eigenvalue weighted by molar-refractivity contribution is 14.0. The van der Waals surface area contributed by atoms with Gasteiger partial charge in [0.05, 0.1) is 12.7 Å². The first-order chi connectivity index (χ1) is 11.2. The van der Waals surface area contributed by atoms with Gasteiger partial charge >= 0.3 is 0 Å². The van der Waals surface area contributed by atoms with Crippen molar-refractivity contribution in [3.63, 3.8) is 0 Å². The largest absolute Gasteiger partial charge is 0.379 e. The second-order valence-corrected chi connectivity index (χ2v) is 6.00. The summed E-state index contributed by atoms with van der Waals surface area (Å²) in [7, 11) is 5.56. The predicted octanol–water partition coefficient (Wildman–Crippen LogP) is 2.93. The van der Waals surface area contributed by atoms with Crippen LogP contribution in [0.25, 0.3) is 0 Å². The fraction of sp³-hybridized carbons (Fsp3) is 0.611. The van der Waals surface area contributed by atoms with Gasteiger partial charge in [-0.25, -0.2) is 0 Å². The number of aliphatic imine (C=N–C) groups is 1. The number of halogens is 1. The Kier molecular flexibility index (Phi) is 10.3. The van der Waals surface area contributed by atoms with Gasteiger partial charge in [-0.15, -0.1) is 24.0 Å². The van der Waals surface area contributed by atoms with Crippen LogP contribution < -0.4 is 5.32 Å². The zero-order valence-corrected chi connectivity index (χ0v) is 17.2. The van der Waals surface area contributed by atoms with Gasteiger partial charge in [0.2, 0.25) is 0 Å². The molecule has 0 heterocycles. The van der Waals surface area contributed by atoms with Crippen LogP contribution in [-0.4, -0.2) is 58.4 Å². The van der Waals surface area contributed by atoms with Crippen molar-refractivity contribution in [1.29, 1.82) is 0 Å². The lowest BCUT2D eigenvalue weighted by Crippen LogP contribution is -2.42. The van der Waals surface area contributed by atoms with Gasteiger partial charge in [-0.3, -0.25) is 4.99 Å². The first kappa shape index (κ1) is 21.2. The quantitative estimate of drug-likeness (QED) is 0.274. The van der Waals surface area contributed by atoms with Gasteiger partial charge in [0.25, 0.3) is 0 Å². The van der Waals surface area contributed by atoms with Crippen molar-refractivity contribution < 1.29 is 9.47 Å². The molecular formula is C18H30IN3O2. The summed E-state index contributed by atoms with van der Waals surface area (Å²) in [5, 5.41) is 3.38. The number of methoxy groups -OCH3 is 1. The van der Waals surface area contributed by atoms with Crippen molar-refractivity contribution in [1.82, 2.24) is 10.2 Å². The van der Waals surface area contributed by atoms with Crippen LogP contribution >= 0.6 is 24.0 Å². The first-order valence-corrected chi connectivity index (χ1v) is 8.32. The van der Waals surface area contributed by atoms with E-state index in [-0.39, 0.29) is 30.1 Å². The van der Waals surface area contributed by atoms with Gasteiger partial charge < -0.3 is 19.7 Å². The zero-order valence-electron chi connectivity index (χ0n) is 14.9. The molecule has 6 heteroatoms. The number of guanidine groups is 1. The maximum Gasteiger partial charge on any atom is 0.193 e. The highest BCUT2D eigenvalue weighted by Crippen LogP contribution is 2.28. The minimum Gasteiger partial charge on any atom is -0.379 e. The third-order valence-corrected chi connectivity index (χ3v) is 4.10. The van der Waals surface area contributed by atoms with Gasteiger partial charge in [0.15, 0.2) is 5.96 Å². The third-order valence-electron chi connectivity index (χ3n) is 4.10. The third kappa shape index (κ3) is 7.36. The Hall–Kier alpha value is -0.860. The summed E-state index contributed by atoms with van der Waals surface area (Å²) in [6.45, 7) is 3.15. The SMILES string of the molecule is CN=C(NCC(OC)c1ccccc1)N(C)CCOCC1CC1.I. The Balaban J connectivity index is 0.00000288. The van der Waals surface area contributed by atoms with Crippen LogP contribution in [0.15, 0.2) is 35.3 Å². The average molecular weight is 447 g/mol. The molecule has 24 heavy (non-hydrogen) atoms. The summed E-state index contributed by atoms with van der Waals surface area (Å²) in [6.07, 6.45) is 2.67. The Morgan fingerprint density at radius 3 is 2.62 bits per heavy atom. The van der Waals surface area contributed by atoms with Crippen LogP contribution in [0.5, 0.6) is 0 Å². The van der Waals surface area contributed by atoms with Crippen molar-refractivity contribution in [2.24, 2.45) is 10.9 Å². The summed E-state index contributed by atoms with van der Waals surface area (Å²) < 4.78 is 11.3. The maximum absolute atomic E-state index is 5.69. The molecule has 0 spiro atoms. The van der Waals surface area contributed by atoms with Crippen LogP contribution in [0.4, 0.5) is 0 Å². The molecule has 0 radical (unpaired) electrons. The fourth-order valence-electron chi connectivity index (χ4n) is 2.42. The molecular weight excluding hydrogens is 417 g/mol. The van der Waals surface area contributed by atoms with Crippen LogP contribution in [0.2, 0.25) is 0 Å². The van der Waals surface area contributed by atoms with E-state index in [1.165, 1.54) is 12.8 Å². The van der Waals surface area contributed by atoms with Crippen LogP contribution in [0, 0.1) is 5.92 Å². The Labute approximate surface area is 162 Å². The summed E-state index contributed by atoms with van der Waals surface area (Å²) >= 11 is 0. The molecule has 1 aromatic rings. The van der Waals surface area contributed by atoms with E-state index in [1.807, 2.05) is 25.2 Å². The lowest BCUT2D eigenvalue weighted by atomic mass is 10.1. The van der Waals surface area contributed by atoms with Gasteiger partial charge in [-0.2, -0.15) is 0 Å². The number of likely N-dealkylation sites (N-methyl/N-ethyl adjacent to an activating group) is 1. The number of nitrogens with zero attached hydrogens (tertiary/aromatic N) is 2. The molecule has 1 N–H and O–H groups in total. The van der Waals surface area contributed by atoms with Crippen molar-refractivity contribution in [2.45, 2.75) is 18.9 Å². The standard InChI is InChI=1S/C18H29N3O2.HI/c1-19-18(21(2)11-12-23-14-15-9-10-15)20-13-17(22-3)16-7-5-4-6-8-16;/h4-8,15,17H,9-14H2,1-3H3,(H,19,20);1H. The van der Waals surface area contributed by atoms with E-state index >= 15 is 0 Å². The summed E-state index contributed by atoms with van der Waals surface area (Å²) in [4.78, 5) is 6.42. The predicted molar refractivity (Wildman–Crippen MR) is 109 cm³/mol. The number of rotatable bonds is 9. The molecule has 1 aliphatic carbocycles. The second-order valence-electron chi connectivity index (χ2n) is 6.00. The van der Waals surface area contributed by atoms with Crippen LogP contribution in [0.1, 0.15) is 24.5 Å². The average Bonchev–Trinajstić information content (AvgIpc) is 3.41. The first-order valence-electron chi connectivity index (χ1n) is 8.32. The van der Waals surface area contributed by atoms with Gasteiger partial charge in [-0.05, 0) is 24.3 Å². The summed E-state index contributed by atoms with van der Waals surface area (Å²) in [5.41, 5.74) is 1.16. The van der Waals surface area contributed by atoms with Crippen molar-refractivity contribution in [3.8, 4) is 0 Å². The number of ether oxygens (including phenoxy) is 2. The molecule has 1 atom stereocenters. The van der Waals surface area contributed by atoms with Crippen LogP contribution in [-0.2, 0) is 9.47 Å². The second kappa shape index (κ2) is 11.7. The molecule has 2 rings (SSSR count). The normalized spacial score (nSPS) is 15.5. The van der Waals surface area contributed by atoms with Crippen molar-refractivity contribution in [2.75, 3.05) is 47.5 Å². The van der Waals surface area contributed by atoms with Gasteiger partial charge in [-0.1, -0.05) is 30.3 Å². The highest BCUT2D eigenvalue weighted by Gasteiger charge is 2.21. The zero-order chi connectivity index (χ0) is 16.5. The molecule has 0 amide bonds. The van der Waals surface area contributed by atoms with Gasteiger partial charge in [0, 0.05) is 40.9 Å². The molecule has 1 aliphatic rings. The Morgan fingerprint density at radius 2 is 2.04 bits per heavy atom. The molecule has 1 aromatic carbocycles. The fourth-order valence-corrected chi connectivity index (χ4v) is 2.42. The van der Waals surface area contributed by atoms with Gasteiger partial charge in [0.1, 0.15) is 0 Å². The monoisotopic (exact) mass is 447 g/mol. The van der Waals surface area contributed by atoms with E-state index in [0.717, 1.165) is 37.2 Å². The van der Waals surface area contributed by atoms with Crippen LogP contribution in [0.3, 0.4) is 0 Å².